The average molecular weight is 714 g/mol. The van der Waals surface area contributed by atoms with Crippen molar-refractivity contribution in [3.05, 3.63) is 193 Å². The molecule has 0 amide bonds. The summed E-state index contributed by atoms with van der Waals surface area (Å²) in [5.41, 5.74) is 6.90. The molecule has 0 radical (unpaired) electrons. The van der Waals surface area contributed by atoms with Gasteiger partial charge in [0, 0.05) is 33.9 Å². The third-order valence-electron chi connectivity index (χ3n) is 9.74. The van der Waals surface area contributed by atoms with Crippen molar-refractivity contribution >= 4 is 73.7 Å². The normalized spacial score (nSPS) is 13.1. The standard InChI is InChI=1S/C50H39N3O2/c1-3-5-27-45-43(47-39(24-16-29-46(47)54-45)37-20-7-6-8-21-37)33-52-50(42-26-15-25-41-40-23-13-14-28-44(40)55-48(41)42)53-49(51)35(4-2)18-10-9-17-34-30-31-36-19-11-12-22-38(36)32-34/h3,5-33,35,51H,1,4H2,2H3/b17-9+,18-10-,27-5-,51-49?,52-33?,53-50?. The molecule has 2 heterocycles. The number of aliphatic imine (C=N–C) groups is 2. The van der Waals surface area contributed by atoms with Crippen LogP contribution in [0.1, 0.15) is 35.8 Å². The summed E-state index contributed by atoms with van der Waals surface area (Å²) in [5, 5.41) is 14.6. The highest BCUT2D eigenvalue weighted by Gasteiger charge is 2.19. The van der Waals surface area contributed by atoms with Gasteiger partial charge < -0.3 is 8.83 Å². The highest BCUT2D eigenvalue weighted by molar-refractivity contribution is 6.20. The van der Waals surface area contributed by atoms with E-state index in [2.05, 4.69) is 86.3 Å². The Balaban J connectivity index is 1.21. The number of hydrogen-bond donors (Lipinski definition) is 1. The zero-order valence-electron chi connectivity index (χ0n) is 30.5. The Morgan fingerprint density at radius 2 is 1.49 bits per heavy atom. The second kappa shape index (κ2) is 15.9. The predicted molar refractivity (Wildman–Crippen MR) is 232 cm³/mol. The van der Waals surface area contributed by atoms with E-state index in [-0.39, 0.29) is 11.8 Å². The first-order chi connectivity index (χ1) is 27.1. The van der Waals surface area contributed by atoms with Crippen LogP contribution in [0.2, 0.25) is 0 Å². The molecule has 1 atom stereocenters. The smallest absolute Gasteiger partial charge is 0.165 e. The second-order valence-electron chi connectivity index (χ2n) is 13.2. The number of fused-ring (bicyclic) bond motifs is 5. The molecule has 8 rings (SSSR count). The fraction of sp³-hybridized carbons (Fsp3) is 0.0600. The molecular formula is C50H39N3O2. The first-order valence-electron chi connectivity index (χ1n) is 18.5. The summed E-state index contributed by atoms with van der Waals surface area (Å²) < 4.78 is 12.9. The summed E-state index contributed by atoms with van der Waals surface area (Å²) >= 11 is 0. The van der Waals surface area contributed by atoms with Gasteiger partial charge >= 0.3 is 0 Å². The maximum Gasteiger partial charge on any atom is 0.165 e. The van der Waals surface area contributed by atoms with Crippen LogP contribution in [-0.4, -0.2) is 17.9 Å². The molecule has 55 heavy (non-hydrogen) atoms. The van der Waals surface area contributed by atoms with Crippen molar-refractivity contribution < 1.29 is 8.83 Å². The van der Waals surface area contributed by atoms with Gasteiger partial charge in [0.1, 0.15) is 28.3 Å². The molecule has 5 nitrogen and oxygen atoms in total. The molecule has 1 unspecified atom stereocenters. The van der Waals surface area contributed by atoms with Crippen molar-refractivity contribution in [1.29, 1.82) is 5.41 Å². The number of allylic oxidation sites excluding steroid dienone is 4. The van der Waals surface area contributed by atoms with Crippen LogP contribution in [0.4, 0.5) is 0 Å². The molecule has 5 heteroatoms. The third kappa shape index (κ3) is 7.28. The SMILES string of the molecule is C=C/C=C\c1oc2cccc(-c3ccccc3)c2c1C=NC(=NC(=N)C(/C=C\C=C\c1ccc2ccccc2c1)CC)c1cccc2c1oc1ccccc12. The minimum Gasteiger partial charge on any atom is -0.456 e. The summed E-state index contributed by atoms with van der Waals surface area (Å²) in [6, 6.07) is 45.1. The van der Waals surface area contributed by atoms with Gasteiger partial charge in [0.15, 0.2) is 5.84 Å². The van der Waals surface area contributed by atoms with Crippen molar-refractivity contribution in [2.24, 2.45) is 15.9 Å². The van der Waals surface area contributed by atoms with Gasteiger partial charge in [0.05, 0.1) is 5.56 Å². The van der Waals surface area contributed by atoms with Crippen LogP contribution in [0, 0.1) is 11.3 Å². The maximum absolute atomic E-state index is 9.29. The van der Waals surface area contributed by atoms with Gasteiger partial charge in [0.25, 0.3) is 0 Å². The Labute approximate surface area is 320 Å². The molecule has 266 valence electrons. The van der Waals surface area contributed by atoms with Gasteiger partial charge in [-0.2, -0.15) is 0 Å². The van der Waals surface area contributed by atoms with E-state index < -0.39 is 0 Å². The molecule has 0 aliphatic heterocycles. The fourth-order valence-corrected chi connectivity index (χ4v) is 6.96. The lowest BCUT2D eigenvalue weighted by molar-refractivity contribution is 0.603. The maximum atomic E-state index is 9.29. The van der Waals surface area contributed by atoms with E-state index in [1.807, 2.05) is 97.1 Å². The largest absolute Gasteiger partial charge is 0.456 e. The highest BCUT2D eigenvalue weighted by atomic mass is 16.3. The fourth-order valence-electron chi connectivity index (χ4n) is 6.96. The van der Waals surface area contributed by atoms with E-state index in [9.17, 15) is 5.41 Å². The van der Waals surface area contributed by atoms with Crippen molar-refractivity contribution in [3.63, 3.8) is 0 Å². The number of hydrogen-bond acceptors (Lipinski definition) is 3. The van der Waals surface area contributed by atoms with Gasteiger partial charge in [0.2, 0.25) is 0 Å². The number of amidine groups is 2. The molecule has 0 bridgehead atoms. The molecule has 2 aromatic heterocycles. The van der Waals surface area contributed by atoms with Crippen molar-refractivity contribution in [1.82, 2.24) is 0 Å². The zero-order valence-corrected chi connectivity index (χ0v) is 30.5. The van der Waals surface area contributed by atoms with Gasteiger partial charge in [-0.1, -0.05) is 159 Å². The van der Waals surface area contributed by atoms with Crippen LogP contribution in [0.15, 0.2) is 189 Å². The number of nitrogens with one attached hydrogen (secondary N) is 1. The number of rotatable bonds is 10. The van der Waals surface area contributed by atoms with Crippen LogP contribution < -0.4 is 0 Å². The minimum absolute atomic E-state index is 0.201. The first-order valence-corrected chi connectivity index (χ1v) is 18.5. The molecule has 0 fully saturated rings. The molecule has 0 aliphatic rings. The minimum atomic E-state index is -0.244. The second-order valence-corrected chi connectivity index (χ2v) is 13.2. The zero-order chi connectivity index (χ0) is 37.6. The summed E-state index contributed by atoms with van der Waals surface area (Å²) in [6.45, 7) is 5.94. The molecule has 8 aromatic rings. The number of nitrogens with zero attached hydrogens (tertiary/aromatic N) is 2. The Morgan fingerprint density at radius 3 is 2.35 bits per heavy atom. The Morgan fingerprint density at radius 1 is 0.727 bits per heavy atom. The molecule has 0 saturated heterocycles. The van der Waals surface area contributed by atoms with Gasteiger partial charge in [-0.25, -0.2) is 9.98 Å². The predicted octanol–water partition coefficient (Wildman–Crippen LogP) is 13.5. The quantitative estimate of drug-likeness (QED) is 0.0870. The Kier molecular flexibility index (Phi) is 10.1. The molecule has 6 aromatic carbocycles. The van der Waals surface area contributed by atoms with Crippen molar-refractivity contribution in [3.8, 4) is 11.1 Å². The van der Waals surface area contributed by atoms with Crippen molar-refractivity contribution in [2.75, 3.05) is 0 Å². The molecule has 1 N–H and O–H groups in total. The molecule has 0 spiro atoms. The third-order valence-corrected chi connectivity index (χ3v) is 9.74. The van der Waals surface area contributed by atoms with E-state index in [4.69, 9.17) is 18.8 Å². The lowest BCUT2D eigenvalue weighted by atomic mass is 9.98. The molecule has 0 aliphatic carbocycles. The van der Waals surface area contributed by atoms with Crippen LogP contribution in [0.3, 0.4) is 0 Å². The lowest BCUT2D eigenvalue weighted by Crippen LogP contribution is -2.11. The van der Waals surface area contributed by atoms with E-state index in [0.29, 0.717) is 29.2 Å². The van der Waals surface area contributed by atoms with Gasteiger partial charge in [-0.3, -0.25) is 5.41 Å². The number of para-hydroxylation sites is 2. The van der Waals surface area contributed by atoms with E-state index >= 15 is 0 Å². The van der Waals surface area contributed by atoms with Crippen LogP contribution in [-0.2, 0) is 0 Å². The van der Waals surface area contributed by atoms with E-state index in [1.54, 1.807) is 12.3 Å². The topological polar surface area (TPSA) is 74.8 Å². The highest BCUT2D eigenvalue weighted by Crippen LogP contribution is 2.36. The summed E-state index contributed by atoms with van der Waals surface area (Å²) in [7, 11) is 0. The summed E-state index contributed by atoms with van der Waals surface area (Å²) in [5.74, 6) is 0.975. The lowest BCUT2D eigenvalue weighted by Gasteiger charge is -2.10. The first kappa shape index (κ1) is 34.9. The van der Waals surface area contributed by atoms with Crippen molar-refractivity contribution in [2.45, 2.75) is 13.3 Å². The average Bonchev–Trinajstić information content (AvgIpc) is 3.80. The van der Waals surface area contributed by atoms with E-state index in [0.717, 1.165) is 49.6 Å². The van der Waals surface area contributed by atoms with E-state index in [1.165, 1.54) is 10.8 Å². The number of benzene rings is 6. The Bertz CT molecular complexity index is 2850. The number of furan rings is 2. The summed E-state index contributed by atoms with van der Waals surface area (Å²) in [4.78, 5) is 10.1. The van der Waals surface area contributed by atoms with Gasteiger partial charge in [-0.15, -0.1) is 0 Å². The van der Waals surface area contributed by atoms with Crippen LogP contribution in [0.25, 0.3) is 67.0 Å². The van der Waals surface area contributed by atoms with Crippen LogP contribution >= 0.6 is 0 Å². The molecule has 0 saturated carbocycles. The summed E-state index contributed by atoms with van der Waals surface area (Å²) in [6.07, 6.45) is 16.1. The molecular weight excluding hydrogens is 675 g/mol. The monoisotopic (exact) mass is 713 g/mol. The van der Waals surface area contributed by atoms with Crippen LogP contribution in [0.5, 0.6) is 0 Å². The van der Waals surface area contributed by atoms with Gasteiger partial charge in [-0.05, 0) is 64.2 Å². The Hall–Kier alpha value is -7.11.